The molecule has 0 radical (unpaired) electrons. The Morgan fingerprint density at radius 1 is 1.28 bits per heavy atom. The van der Waals surface area contributed by atoms with E-state index in [1.807, 2.05) is 26.1 Å². The maximum atomic E-state index is 13.3. The van der Waals surface area contributed by atoms with E-state index in [9.17, 15) is 4.39 Å². The number of hydrogen-bond acceptors (Lipinski definition) is 1. The summed E-state index contributed by atoms with van der Waals surface area (Å²) in [5.74, 6) is 0.509. The molecule has 0 aliphatic heterocycles. The number of benzene rings is 1. The Kier molecular flexibility index (Phi) is 6.34. The zero-order chi connectivity index (χ0) is 13.5. The topological polar surface area (TPSA) is 12.0 Å². The van der Waals surface area contributed by atoms with Gasteiger partial charge in [-0.2, -0.15) is 0 Å². The molecule has 0 aliphatic carbocycles. The van der Waals surface area contributed by atoms with Crippen molar-refractivity contribution in [2.75, 3.05) is 7.05 Å². The van der Waals surface area contributed by atoms with Crippen LogP contribution in [-0.2, 0) is 0 Å². The Balaban J connectivity index is 2.88. The van der Waals surface area contributed by atoms with Gasteiger partial charge in [-0.3, -0.25) is 0 Å². The lowest BCUT2D eigenvalue weighted by molar-refractivity contribution is 0.338. The molecule has 0 aromatic heterocycles. The number of halogens is 1. The number of hydrogen-bond donors (Lipinski definition) is 1. The molecular weight excluding hydrogens is 225 g/mol. The van der Waals surface area contributed by atoms with E-state index in [0.717, 1.165) is 12.0 Å². The van der Waals surface area contributed by atoms with Crippen molar-refractivity contribution in [1.29, 1.82) is 0 Å². The van der Waals surface area contributed by atoms with Gasteiger partial charge in [0.25, 0.3) is 0 Å². The Bertz CT molecular complexity index is 362. The average molecular weight is 251 g/mol. The zero-order valence-corrected chi connectivity index (χ0v) is 12.1. The van der Waals surface area contributed by atoms with Crippen molar-refractivity contribution < 1.29 is 4.39 Å². The van der Waals surface area contributed by atoms with Gasteiger partial charge in [-0.15, -0.1) is 0 Å². The minimum Gasteiger partial charge on any atom is -0.313 e. The van der Waals surface area contributed by atoms with E-state index in [4.69, 9.17) is 0 Å². The van der Waals surface area contributed by atoms with E-state index in [1.54, 1.807) is 6.07 Å². The Morgan fingerprint density at radius 2 is 2.00 bits per heavy atom. The summed E-state index contributed by atoms with van der Waals surface area (Å²) in [5.41, 5.74) is 1.94. The van der Waals surface area contributed by atoms with Crippen molar-refractivity contribution in [2.45, 2.75) is 52.5 Å². The van der Waals surface area contributed by atoms with Gasteiger partial charge < -0.3 is 5.32 Å². The fraction of sp³-hybridized carbons (Fsp3) is 0.625. The molecule has 0 fully saturated rings. The first kappa shape index (κ1) is 15.2. The van der Waals surface area contributed by atoms with Gasteiger partial charge in [-0.25, -0.2) is 4.39 Å². The minimum atomic E-state index is -0.116. The van der Waals surface area contributed by atoms with Crippen LogP contribution in [0.4, 0.5) is 4.39 Å². The second-order valence-corrected chi connectivity index (χ2v) is 5.09. The summed E-state index contributed by atoms with van der Waals surface area (Å²) >= 11 is 0. The molecule has 1 rings (SSSR count). The molecule has 1 nitrogen and oxygen atoms in total. The molecule has 1 aromatic rings. The third-order valence-electron chi connectivity index (χ3n) is 3.78. The number of aryl methyl sites for hydroxylation is 1. The van der Waals surface area contributed by atoms with Crippen LogP contribution in [0.3, 0.4) is 0 Å². The van der Waals surface area contributed by atoms with Crippen LogP contribution in [0.15, 0.2) is 18.2 Å². The predicted molar refractivity (Wildman–Crippen MR) is 76.2 cm³/mol. The summed E-state index contributed by atoms with van der Waals surface area (Å²) in [6, 6.07) is 5.81. The van der Waals surface area contributed by atoms with Crippen LogP contribution >= 0.6 is 0 Å². The lowest BCUT2D eigenvalue weighted by Crippen LogP contribution is -2.25. The minimum absolute atomic E-state index is 0.116. The SMILES string of the molecule is CCCCC(CC)C(NC)c1ccc(F)c(C)c1. The van der Waals surface area contributed by atoms with Crippen molar-refractivity contribution in [3.63, 3.8) is 0 Å². The lowest BCUT2D eigenvalue weighted by atomic mass is 9.86. The number of unbranched alkanes of at least 4 members (excludes halogenated alkanes) is 1. The average Bonchev–Trinajstić information content (AvgIpc) is 2.38. The molecular formula is C16H26FN. The summed E-state index contributed by atoms with van der Waals surface area (Å²) in [7, 11) is 2.00. The van der Waals surface area contributed by atoms with Crippen molar-refractivity contribution in [3.05, 3.63) is 35.1 Å². The number of nitrogens with one attached hydrogen (secondary N) is 1. The Morgan fingerprint density at radius 3 is 2.50 bits per heavy atom. The van der Waals surface area contributed by atoms with Gasteiger partial charge in [0.05, 0.1) is 0 Å². The first-order valence-electron chi connectivity index (χ1n) is 7.07. The smallest absolute Gasteiger partial charge is 0.126 e. The molecule has 18 heavy (non-hydrogen) atoms. The van der Waals surface area contributed by atoms with Crippen LogP contribution in [0.5, 0.6) is 0 Å². The van der Waals surface area contributed by atoms with Crippen molar-refractivity contribution in [2.24, 2.45) is 5.92 Å². The van der Waals surface area contributed by atoms with Crippen LogP contribution in [0.2, 0.25) is 0 Å². The normalized spacial score (nSPS) is 14.5. The molecule has 2 atom stereocenters. The second kappa shape index (κ2) is 7.52. The molecule has 0 heterocycles. The highest BCUT2D eigenvalue weighted by molar-refractivity contribution is 5.27. The highest BCUT2D eigenvalue weighted by Gasteiger charge is 2.20. The van der Waals surface area contributed by atoms with Gasteiger partial charge in [0.2, 0.25) is 0 Å². The summed E-state index contributed by atoms with van der Waals surface area (Å²) in [6.45, 7) is 6.29. The van der Waals surface area contributed by atoms with Gasteiger partial charge in [0.1, 0.15) is 5.82 Å². The van der Waals surface area contributed by atoms with Gasteiger partial charge in [0, 0.05) is 6.04 Å². The number of rotatable bonds is 7. The summed E-state index contributed by atoms with van der Waals surface area (Å²) in [5, 5.41) is 3.40. The largest absolute Gasteiger partial charge is 0.313 e. The molecule has 0 saturated carbocycles. The summed E-state index contributed by atoms with van der Waals surface area (Å²) in [6.07, 6.45) is 4.88. The highest BCUT2D eigenvalue weighted by atomic mass is 19.1. The Hall–Kier alpha value is -0.890. The third-order valence-corrected chi connectivity index (χ3v) is 3.78. The predicted octanol–water partition coefficient (Wildman–Crippen LogP) is 4.61. The van der Waals surface area contributed by atoms with Gasteiger partial charge >= 0.3 is 0 Å². The highest BCUT2D eigenvalue weighted by Crippen LogP contribution is 2.29. The fourth-order valence-electron chi connectivity index (χ4n) is 2.61. The molecule has 102 valence electrons. The second-order valence-electron chi connectivity index (χ2n) is 5.09. The first-order chi connectivity index (χ1) is 8.63. The first-order valence-corrected chi connectivity index (χ1v) is 7.07. The summed E-state index contributed by atoms with van der Waals surface area (Å²) in [4.78, 5) is 0. The van der Waals surface area contributed by atoms with Crippen LogP contribution < -0.4 is 5.32 Å². The lowest BCUT2D eigenvalue weighted by Gasteiger charge is -2.26. The molecule has 2 heteroatoms. The molecule has 2 unspecified atom stereocenters. The van der Waals surface area contributed by atoms with Crippen LogP contribution in [0.1, 0.15) is 56.7 Å². The van der Waals surface area contributed by atoms with E-state index in [0.29, 0.717) is 12.0 Å². The quantitative estimate of drug-likeness (QED) is 0.746. The van der Waals surface area contributed by atoms with E-state index in [-0.39, 0.29) is 5.82 Å². The molecule has 1 N–H and O–H groups in total. The van der Waals surface area contributed by atoms with Crippen LogP contribution in [-0.4, -0.2) is 7.05 Å². The monoisotopic (exact) mass is 251 g/mol. The van der Waals surface area contributed by atoms with Crippen molar-refractivity contribution >= 4 is 0 Å². The molecule has 0 amide bonds. The fourth-order valence-corrected chi connectivity index (χ4v) is 2.61. The van der Waals surface area contributed by atoms with Gasteiger partial charge in [-0.05, 0) is 43.5 Å². The van der Waals surface area contributed by atoms with E-state index < -0.39 is 0 Å². The van der Waals surface area contributed by atoms with Gasteiger partial charge in [0.15, 0.2) is 0 Å². The third kappa shape index (κ3) is 3.81. The van der Waals surface area contributed by atoms with E-state index >= 15 is 0 Å². The van der Waals surface area contributed by atoms with E-state index in [2.05, 4.69) is 19.2 Å². The van der Waals surface area contributed by atoms with E-state index in [1.165, 1.54) is 24.8 Å². The molecule has 1 aromatic carbocycles. The standard InChI is InChI=1S/C16H26FN/c1-5-7-8-13(6-2)16(18-4)14-9-10-15(17)12(3)11-14/h9-11,13,16,18H,5-8H2,1-4H3. The zero-order valence-electron chi connectivity index (χ0n) is 12.1. The maximum Gasteiger partial charge on any atom is 0.126 e. The van der Waals surface area contributed by atoms with Gasteiger partial charge in [-0.1, -0.05) is 45.2 Å². The summed E-state index contributed by atoms with van der Waals surface area (Å²) < 4.78 is 13.3. The van der Waals surface area contributed by atoms with Crippen molar-refractivity contribution in [3.8, 4) is 0 Å². The molecule has 0 bridgehead atoms. The maximum absolute atomic E-state index is 13.3. The molecule has 0 saturated heterocycles. The molecule has 0 aliphatic rings. The Labute approximate surface area is 111 Å². The molecule has 0 spiro atoms. The van der Waals surface area contributed by atoms with Crippen molar-refractivity contribution in [1.82, 2.24) is 5.32 Å². The van der Waals surface area contributed by atoms with Crippen LogP contribution in [0, 0.1) is 18.7 Å². The van der Waals surface area contributed by atoms with Crippen LogP contribution in [0.25, 0.3) is 0 Å².